The van der Waals surface area contributed by atoms with E-state index in [4.69, 9.17) is 0 Å². The molecule has 0 bridgehead atoms. The topological polar surface area (TPSA) is 9.72 Å². The van der Waals surface area contributed by atoms with Gasteiger partial charge < -0.3 is 14.7 Å². The van der Waals surface area contributed by atoms with Crippen molar-refractivity contribution in [2.24, 2.45) is 0 Å². The summed E-state index contributed by atoms with van der Waals surface area (Å²) in [7, 11) is 0. The number of rotatable bonds is 7. The summed E-state index contributed by atoms with van der Waals surface area (Å²) in [5.41, 5.74) is 29.2. The Kier molecular flexibility index (Phi) is 11.2. The first-order valence-electron chi connectivity index (χ1n) is 29.6. The first kappa shape index (κ1) is 51.6. The highest BCUT2D eigenvalue weighted by Crippen LogP contribution is 2.58. The number of fused-ring (bicyclic) bond motifs is 7. The molecule has 13 rings (SSSR count). The van der Waals surface area contributed by atoms with Gasteiger partial charge in [-0.2, -0.15) is 0 Å². The third kappa shape index (κ3) is 7.72. The Hall–Kier alpha value is -6.78. The molecule has 0 amide bonds. The zero-order valence-corrected chi connectivity index (χ0v) is 50.3. The van der Waals surface area contributed by atoms with Crippen LogP contribution >= 0.6 is 0 Å². The molecule has 4 heteroatoms. The van der Waals surface area contributed by atoms with E-state index in [0.717, 1.165) is 36.3 Å². The van der Waals surface area contributed by atoms with Crippen LogP contribution in [0.1, 0.15) is 178 Å². The van der Waals surface area contributed by atoms with E-state index in [1.54, 1.807) is 0 Å². The highest BCUT2D eigenvalue weighted by molar-refractivity contribution is 7.00. The fourth-order valence-corrected chi connectivity index (χ4v) is 16.7. The second-order valence-electron chi connectivity index (χ2n) is 29.2. The summed E-state index contributed by atoms with van der Waals surface area (Å²) in [5.74, 6) is 0. The minimum atomic E-state index is -0.269. The van der Waals surface area contributed by atoms with Gasteiger partial charge in [0, 0.05) is 50.9 Å². The molecule has 0 saturated heterocycles. The van der Waals surface area contributed by atoms with Gasteiger partial charge in [0.2, 0.25) is 0 Å². The molecule has 0 fully saturated rings. The molecule has 3 aliphatic carbocycles. The fraction of sp³-hybridized carbons (Fsp3) is 0.360. The zero-order valence-electron chi connectivity index (χ0n) is 50.3. The van der Waals surface area contributed by atoms with Crippen LogP contribution in [0.15, 0.2) is 158 Å². The third-order valence-electron chi connectivity index (χ3n) is 20.4. The van der Waals surface area contributed by atoms with Crippen LogP contribution in [0.25, 0.3) is 0 Å². The van der Waals surface area contributed by atoms with Crippen molar-refractivity contribution in [2.75, 3.05) is 14.7 Å². The van der Waals surface area contributed by atoms with Crippen molar-refractivity contribution in [3.8, 4) is 0 Å². The maximum Gasteiger partial charge on any atom is 0.252 e. The third-order valence-corrected chi connectivity index (χ3v) is 20.4. The van der Waals surface area contributed by atoms with Crippen LogP contribution in [0.3, 0.4) is 0 Å². The Bertz CT molecular complexity index is 3760. The minimum Gasteiger partial charge on any atom is -0.311 e. The SMILES string of the molecule is Cc1cc2c(cc1N1c3cc(C(C)(C)c4ccccc4)ccc3B3c4cc5c(cc4N(c4ccc6c(c4C)C(C)(C)CC6(C)C)c4cc(N(c6ccccc6)c6ccccc6)cc1c43)C(C)(C)CC5(C)C)C(C)(C)CCC2(C)C. The fourth-order valence-electron chi connectivity index (χ4n) is 16.7. The molecular formula is C75H82BN3. The highest BCUT2D eigenvalue weighted by Gasteiger charge is 2.51. The van der Waals surface area contributed by atoms with Gasteiger partial charge in [0.1, 0.15) is 0 Å². The highest BCUT2D eigenvalue weighted by atomic mass is 15.2. The molecule has 0 N–H and O–H groups in total. The van der Waals surface area contributed by atoms with Crippen molar-refractivity contribution < 1.29 is 0 Å². The lowest BCUT2D eigenvalue weighted by atomic mass is 9.33. The van der Waals surface area contributed by atoms with E-state index in [1.165, 1.54) is 113 Å². The number of anilines is 9. The molecule has 3 nitrogen and oxygen atoms in total. The molecule has 8 aromatic rings. The standard InChI is InChI=1S/C75H82BN3/c1-47-38-55-57(70(5,6)37-36-69(55,3)4)43-62(47)79-63-39-50(75(15,16)49-26-20-17-21-27-49)32-34-59(63)76-60-42-56-58(73(11,12)45-72(56,9)10)44-64(60)78(61-35-33-54-67(48(61)2)74(13,14)46-71(54,7)8)65-40-53(41-66(79)68(65)76)77(51-28-22-18-23-29-51)52-30-24-19-25-31-52/h17-35,38-44H,36-37,45-46H2,1-16H3. The molecule has 79 heavy (non-hydrogen) atoms. The maximum absolute atomic E-state index is 2.75. The van der Waals surface area contributed by atoms with Crippen molar-refractivity contribution >= 4 is 74.3 Å². The van der Waals surface area contributed by atoms with Gasteiger partial charge in [-0.05, 0) is 205 Å². The van der Waals surface area contributed by atoms with E-state index in [9.17, 15) is 0 Å². The van der Waals surface area contributed by atoms with E-state index in [1.807, 2.05) is 0 Å². The summed E-state index contributed by atoms with van der Waals surface area (Å²) in [6.07, 6.45) is 4.54. The lowest BCUT2D eigenvalue weighted by molar-refractivity contribution is 0.332. The molecule has 0 unspecified atom stereocenters. The van der Waals surface area contributed by atoms with E-state index in [2.05, 4.69) is 283 Å². The van der Waals surface area contributed by atoms with Crippen LogP contribution in [0.5, 0.6) is 0 Å². The lowest BCUT2D eigenvalue weighted by Crippen LogP contribution is -2.61. The summed E-state index contributed by atoms with van der Waals surface area (Å²) >= 11 is 0. The van der Waals surface area contributed by atoms with Gasteiger partial charge >= 0.3 is 0 Å². The predicted molar refractivity (Wildman–Crippen MR) is 340 cm³/mol. The first-order valence-corrected chi connectivity index (χ1v) is 29.6. The Balaban J connectivity index is 1.21. The van der Waals surface area contributed by atoms with Crippen LogP contribution in [0.4, 0.5) is 51.2 Å². The second-order valence-corrected chi connectivity index (χ2v) is 29.2. The number of hydrogen-bond acceptors (Lipinski definition) is 3. The minimum absolute atomic E-state index is 0.00450. The molecule has 5 aliphatic rings. The monoisotopic (exact) mass is 1040 g/mol. The zero-order chi connectivity index (χ0) is 55.7. The van der Waals surface area contributed by atoms with E-state index in [0.29, 0.717) is 0 Å². The van der Waals surface area contributed by atoms with Crippen molar-refractivity contribution in [3.05, 3.63) is 213 Å². The second kappa shape index (κ2) is 17.1. The van der Waals surface area contributed by atoms with Gasteiger partial charge in [-0.25, -0.2) is 0 Å². The van der Waals surface area contributed by atoms with Crippen molar-refractivity contribution in [1.82, 2.24) is 0 Å². The smallest absolute Gasteiger partial charge is 0.252 e. The quantitative estimate of drug-likeness (QED) is 0.147. The number of para-hydroxylation sites is 2. The average molecular weight is 1040 g/mol. The maximum atomic E-state index is 2.75. The molecule has 0 spiro atoms. The summed E-state index contributed by atoms with van der Waals surface area (Å²) in [6, 6.07) is 61.6. The van der Waals surface area contributed by atoms with Gasteiger partial charge in [-0.15, -0.1) is 0 Å². The van der Waals surface area contributed by atoms with Crippen LogP contribution in [0, 0.1) is 13.8 Å². The van der Waals surface area contributed by atoms with Crippen LogP contribution in [-0.4, -0.2) is 6.71 Å². The largest absolute Gasteiger partial charge is 0.311 e. The van der Waals surface area contributed by atoms with Gasteiger partial charge in [-0.3, -0.25) is 0 Å². The van der Waals surface area contributed by atoms with Gasteiger partial charge in [0.05, 0.1) is 5.69 Å². The van der Waals surface area contributed by atoms with Gasteiger partial charge in [-0.1, -0.05) is 194 Å². The number of nitrogens with zero attached hydrogens (tertiary/aromatic N) is 3. The molecule has 0 atom stereocenters. The Labute approximate surface area is 474 Å². The average Bonchev–Trinajstić information content (AvgIpc) is 3.27. The molecule has 0 saturated carbocycles. The molecular weight excluding hydrogens is 954 g/mol. The number of aryl methyl sites for hydroxylation is 1. The van der Waals surface area contributed by atoms with Gasteiger partial charge in [0.15, 0.2) is 0 Å². The Morgan fingerprint density at radius 1 is 0.392 bits per heavy atom. The van der Waals surface area contributed by atoms with Crippen molar-refractivity contribution in [1.29, 1.82) is 0 Å². The van der Waals surface area contributed by atoms with Crippen LogP contribution in [-0.2, 0) is 37.9 Å². The molecule has 0 aromatic heterocycles. The molecule has 400 valence electrons. The Morgan fingerprint density at radius 3 is 1.47 bits per heavy atom. The summed E-state index contributed by atoms with van der Waals surface area (Å²) in [4.78, 5) is 8.00. The van der Waals surface area contributed by atoms with Gasteiger partial charge in [0.25, 0.3) is 6.71 Å². The molecule has 0 radical (unpaired) electrons. The van der Waals surface area contributed by atoms with E-state index in [-0.39, 0.29) is 44.6 Å². The molecule has 2 aliphatic heterocycles. The normalized spacial score (nSPS) is 19.0. The molecule has 8 aromatic carbocycles. The Morgan fingerprint density at radius 2 is 0.873 bits per heavy atom. The summed E-state index contributed by atoms with van der Waals surface area (Å²) < 4.78 is 0. The first-order chi connectivity index (χ1) is 37.2. The lowest BCUT2D eigenvalue weighted by Gasteiger charge is -2.47. The van der Waals surface area contributed by atoms with Crippen LogP contribution < -0.4 is 31.1 Å². The van der Waals surface area contributed by atoms with Crippen molar-refractivity contribution in [2.45, 2.75) is 174 Å². The van der Waals surface area contributed by atoms with E-state index >= 15 is 0 Å². The molecule has 2 heterocycles. The number of benzene rings is 8. The van der Waals surface area contributed by atoms with E-state index < -0.39 is 0 Å². The summed E-state index contributed by atoms with van der Waals surface area (Å²) in [6.45, 7) is 39.4. The summed E-state index contributed by atoms with van der Waals surface area (Å²) in [5, 5.41) is 0. The van der Waals surface area contributed by atoms with Crippen molar-refractivity contribution in [3.63, 3.8) is 0 Å². The predicted octanol–water partition coefficient (Wildman–Crippen LogP) is 18.4. The van der Waals surface area contributed by atoms with Crippen LogP contribution in [0.2, 0.25) is 0 Å². The number of hydrogen-bond donors (Lipinski definition) is 0.